The maximum absolute atomic E-state index is 12.6. The van der Waals surface area contributed by atoms with E-state index in [9.17, 15) is 4.79 Å². The van der Waals surface area contributed by atoms with Crippen LogP contribution in [0, 0.1) is 5.92 Å². The first kappa shape index (κ1) is 20.7. The lowest BCUT2D eigenvalue weighted by atomic mass is 9.76. The van der Waals surface area contributed by atoms with Crippen LogP contribution in [0.5, 0.6) is 0 Å². The molecule has 1 saturated heterocycles. The van der Waals surface area contributed by atoms with Crippen LogP contribution in [0.15, 0.2) is 11.6 Å². The molecule has 2 aliphatic rings. The van der Waals surface area contributed by atoms with E-state index in [0.717, 1.165) is 19.3 Å². The van der Waals surface area contributed by atoms with Crippen molar-refractivity contribution in [3.05, 3.63) is 11.6 Å². The summed E-state index contributed by atoms with van der Waals surface area (Å²) in [6.45, 7) is 16.4. The van der Waals surface area contributed by atoms with Gasteiger partial charge in [0.25, 0.3) is 0 Å². The Morgan fingerprint density at radius 1 is 1.20 bits per heavy atom. The Morgan fingerprint density at radius 2 is 1.80 bits per heavy atom. The van der Waals surface area contributed by atoms with Gasteiger partial charge in [-0.2, -0.15) is 0 Å². The highest BCUT2D eigenvalue weighted by Gasteiger charge is 2.61. The second-order valence-electron chi connectivity index (χ2n) is 8.34. The molecule has 2 atom stereocenters. The van der Waals surface area contributed by atoms with E-state index in [4.69, 9.17) is 13.9 Å². The predicted octanol–water partition coefficient (Wildman–Crippen LogP) is 5.19. The Bertz CT molecular complexity index is 490. The van der Waals surface area contributed by atoms with Crippen LogP contribution in [-0.4, -0.2) is 33.3 Å². The summed E-state index contributed by atoms with van der Waals surface area (Å²) in [6.07, 6.45) is 5.18. The van der Waals surface area contributed by atoms with Gasteiger partial charge < -0.3 is 13.9 Å². The minimum Gasteiger partial charge on any atom is -0.462 e. The number of hydrogen-bond acceptors (Lipinski definition) is 4. The van der Waals surface area contributed by atoms with Gasteiger partial charge in [0.15, 0.2) is 5.79 Å². The lowest BCUT2D eigenvalue weighted by Crippen LogP contribution is -2.62. The third-order valence-corrected chi connectivity index (χ3v) is 12.1. The fraction of sp³-hybridized carbons (Fsp3) is 0.850. The van der Waals surface area contributed by atoms with Gasteiger partial charge >= 0.3 is 5.97 Å². The van der Waals surface area contributed by atoms with Crippen LogP contribution in [0.3, 0.4) is 0 Å². The normalized spacial score (nSPS) is 27.0. The molecule has 0 aromatic rings. The first-order valence-electron chi connectivity index (χ1n) is 9.95. The summed E-state index contributed by atoms with van der Waals surface area (Å²) < 4.78 is 18.7. The summed E-state index contributed by atoms with van der Waals surface area (Å²) in [7, 11) is -2.18. The van der Waals surface area contributed by atoms with Crippen LogP contribution in [0.25, 0.3) is 0 Å². The number of carbonyl (C=O) groups is 1. The van der Waals surface area contributed by atoms with Crippen LogP contribution < -0.4 is 0 Å². The fourth-order valence-corrected chi connectivity index (χ4v) is 10.4. The van der Waals surface area contributed by atoms with Gasteiger partial charge in [-0.15, -0.1) is 0 Å². The zero-order chi connectivity index (χ0) is 18.8. The van der Waals surface area contributed by atoms with Gasteiger partial charge in [-0.05, 0) is 36.4 Å². The molecule has 0 amide bonds. The van der Waals surface area contributed by atoms with Crippen molar-refractivity contribution in [1.29, 1.82) is 0 Å². The average molecular weight is 369 g/mol. The average Bonchev–Trinajstić information content (AvgIpc) is 2.65. The van der Waals surface area contributed by atoms with Crippen molar-refractivity contribution in [2.45, 2.75) is 90.1 Å². The standard InChI is InChI=1S/C20H36O4Si/c1-8-22-19(21)18-13-17-11-9-10-12-23-20(17,18)24-25(14(2)3,15(4)5)16(6)7/h13-17H,8-12H2,1-7H3/t17-,20+/m1/s1. The smallest absolute Gasteiger partial charge is 0.339 e. The summed E-state index contributed by atoms with van der Waals surface area (Å²) >= 11 is 0. The number of hydrogen-bond donors (Lipinski definition) is 0. The van der Waals surface area contributed by atoms with Gasteiger partial charge in [-0.1, -0.05) is 54.0 Å². The SMILES string of the molecule is CCOC(=O)C1=C[C@H]2CCCCO[C@@]12O[Si](C(C)C)(C(C)C)C(C)C. The van der Waals surface area contributed by atoms with E-state index in [-0.39, 0.29) is 11.9 Å². The van der Waals surface area contributed by atoms with Crippen LogP contribution in [0.1, 0.15) is 67.7 Å². The van der Waals surface area contributed by atoms with Crippen molar-refractivity contribution in [2.75, 3.05) is 13.2 Å². The molecule has 1 fully saturated rings. The molecule has 1 heterocycles. The highest BCUT2D eigenvalue weighted by Crippen LogP contribution is 2.54. The molecule has 0 saturated carbocycles. The van der Waals surface area contributed by atoms with Gasteiger partial charge in [0.2, 0.25) is 8.32 Å². The predicted molar refractivity (Wildman–Crippen MR) is 103 cm³/mol. The number of carbonyl (C=O) groups excluding carboxylic acids is 1. The summed E-state index contributed by atoms with van der Waals surface area (Å²) in [5.74, 6) is -0.995. The first-order chi connectivity index (χ1) is 11.7. The Hall–Kier alpha value is -0.653. The molecule has 0 spiro atoms. The second-order valence-corrected chi connectivity index (χ2v) is 13.7. The molecule has 2 rings (SSSR count). The highest BCUT2D eigenvalue weighted by atomic mass is 28.4. The first-order valence-corrected chi connectivity index (χ1v) is 12.1. The molecule has 0 aromatic heterocycles. The molecule has 0 N–H and O–H groups in total. The molecule has 0 radical (unpaired) electrons. The van der Waals surface area contributed by atoms with Gasteiger partial charge in [0, 0.05) is 5.92 Å². The molecule has 0 unspecified atom stereocenters. The van der Waals surface area contributed by atoms with Crippen molar-refractivity contribution in [2.24, 2.45) is 5.92 Å². The number of rotatable bonds is 7. The van der Waals surface area contributed by atoms with E-state index in [1.54, 1.807) is 0 Å². The summed E-state index contributed by atoms with van der Waals surface area (Å²) in [5, 5.41) is 0. The van der Waals surface area contributed by atoms with Crippen molar-refractivity contribution in [3.8, 4) is 0 Å². The van der Waals surface area contributed by atoms with Gasteiger partial charge in [0.05, 0.1) is 18.8 Å². The molecular formula is C20H36O4Si. The highest BCUT2D eigenvalue weighted by molar-refractivity contribution is 6.77. The monoisotopic (exact) mass is 368 g/mol. The number of esters is 1. The Balaban J connectivity index is 2.45. The van der Waals surface area contributed by atoms with E-state index in [1.165, 1.54) is 0 Å². The molecule has 25 heavy (non-hydrogen) atoms. The Morgan fingerprint density at radius 3 is 2.32 bits per heavy atom. The maximum atomic E-state index is 12.6. The van der Waals surface area contributed by atoms with Crippen molar-refractivity contribution >= 4 is 14.3 Å². The largest absolute Gasteiger partial charge is 0.462 e. The minimum absolute atomic E-state index is 0.164. The third-order valence-electron chi connectivity index (χ3n) is 5.99. The molecular weight excluding hydrogens is 332 g/mol. The zero-order valence-electron chi connectivity index (χ0n) is 17.1. The minimum atomic E-state index is -2.18. The van der Waals surface area contributed by atoms with E-state index in [2.05, 4.69) is 41.5 Å². The summed E-state index contributed by atoms with van der Waals surface area (Å²) in [6, 6.07) is 0. The van der Waals surface area contributed by atoms with Crippen LogP contribution in [0.4, 0.5) is 0 Å². The lowest BCUT2D eigenvalue weighted by molar-refractivity contribution is -0.205. The molecule has 5 heteroatoms. The zero-order valence-corrected chi connectivity index (χ0v) is 18.1. The van der Waals surface area contributed by atoms with E-state index in [1.807, 2.05) is 13.0 Å². The second kappa shape index (κ2) is 7.93. The Labute approximate surface area is 154 Å². The molecule has 0 bridgehead atoms. The van der Waals surface area contributed by atoms with E-state index >= 15 is 0 Å². The molecule has 1 aliphatic heterocycles. The van der Waals surface area contributed by atoms with Gasteiger partial charge in [-0.3, -0.25) is 0 Å². The van der Waals surface area contributed by atoms with Crippen LogP contribution >= 0.6 is 0 Å². The molecule has 0 aromatic carbocycles. The lowest BCUT2D eigenvalue weighted by Gasteiger charge is -2.54. The van der Waals surface area contributed by atoms with Crippen molar-refractivity contribution in [3.63, 3.8) is 0 Å². The number of fused-ring (bicyclic) bond motifs is 1. The molecule has 4 nitrogen and oxygen atoms in total. The summed E-state index contributed by atoms with van der Waals surface area (Å²) in [5.41, 5.74) is 1.93. The fourth-order valence-electron chi connectivity index (χ4n) is 4.87. The third kappa shape index (κ3) is 3.47. The van der Waals surface area contributed by atoms with E-state index < -0.39 is 14.1 Å². The van der Waals surface area contributed by atoms with Gasteiger partial charge in [0.1, 0.15) is 0 Å². The maximum Gasteiger partial charge on any atom is 0.339 e. The van der Waals surface area contributed by atoms with Gasteiger partial charge in [-0.25, -0.2) is 4.79 Å². The van der Waals surface area contributed by atoms with Crippen LogP contribution in [-0.2, 0) is 18.7 Å². The quantitative estimate of drug-likeness (QED) is 0.458. The Kier molecular flexibility index (Phi) is 6.55. The van der Waals surface area contributed by atoms with Crippen molar-refractivity contribution < 1.29 is 18.7 Å². The summed E-state index contributed by atoms with van der Waals surface area (Å²) in [4.78, 5) is 12.6. The van der Waals surface area contributed by atoms with E-state index in [0.29, 0.717) is 35.4 Å². The van der Waals surface area contributed by atoms with Crippen LogP contribution in [0.2, 0.25) is 16.6 Å². The molecule has 1 aliphatic carbocycles. The van der Waals surface area contributed by atoms with Crippen molar-refractivity contribution in [1.82, 2.24) is 0 Å². The topological polar surface area (TPSA) is 44.8 Å². The molecule has 144 valence electrons. The number of ether oxygens (including phenoxy) is 2.